The van der Waals surface area contributed by atoms with Gasteiger partial charge in [-0.1, -0.05) is 72.3 Å². The van der Waals surface area contributed by atoms with Crippen molar-refractivity contribution in [3.63, 3.8) is 0 Å². The Morgan fingerprint density at radius 2 is 1.52 bits per heavy atom. The molecule has 0 unspecified atom stereocenters. The molecule has 4 rings (SSSR count). The Morgan fingerprint density at radius 3 is 2.25 bits per heavy atom. The average Bonchev–Trinajstić information content (AvgIpc) is 2.95. The van der Waals surface area contributed by atoms with E-state index >= 15 is 0 Å². The Hall–Kier alpha value is -3.69. The van der Waals surface area contributed by atoms with Crippen LogP contribution in [0, 0.1) is 0 Å². The van der Waals surface area contributed by atoms with Gasteiger partial charge >= 0.3 is 5.97 Å². The molecule has 0 aliphatic rings. The zero-order valence-electron chi connectivity index (χ0n) is 21.7. The first-order chi connectivity index (χ1) is 19.2. The molecule has 4 aromatic carbocycles. The number of aliphatic carboxylic acids is 1. The van der Waals surface area contributed by atoms with Gasteiger partial charge in [0.2, 0.25) is 9.84 Å². The van der Waals surface area contributed by atoms with Crippen LogP contribution >= 0.6 is 11.6 Å². The van der Waals surface area contributed by atoms with Crippen molar-refractivity contribution >= 4 is 27.4 Å². The number of nitrogens with zero attached hydrogens (tertiary/aromatic N) is 1. The standard InChI is InChI=1S/C31H30ClNO6S/c32-26-11-5-10-25(18-26)30(34)21-33(20-24-7-2-1-3-8-24)16-15-23-9-4-13-28(17-23)40(37,38)29-14-6-12-27(19-29)39-22-31(35)36/h1-14,17-19,30,34H,15-16,20-22H2,(H,35,36)/t30-/m0/s1. The normalized spacial score (nSPS) is 12.3. The van der Waals surface area contributed by atoms with Gasteiger partial charge in [0.1, 0.15) is 5.75 Å². The molecule has 0 amide bonds. The number of benzene rings is 4. The summed E-state index contributed by atoms with van der Waals surface area (Å²) in [5.41, 5.74) is 2.66. The van der Waals surface area contributed by atoms with Crippen LogP contribution < -0.4 is 4.74 Å². The summed E-state index contributed by atoms with van der Waals surface area (Å²) in [6.45, 7) is 0.995. The van der Waals surface area contributed by atoms with Crippen molar-refractivity contribution < 1.29 is 28.2 Å². The Labute approximate surface area is 239 Å². The van der Waals surface area contributed by atoms with Crippen molar-refractivity contribution in [2.75, 3.05) is 19.7 Å². The molecule has 0 aromatic heterocycles. The van der Waals surface area contributed by atoms with E-state index in [2.05, 4.69) is 4.90 Å². The third-order valence-electron chi connectivity index (χ3n) is 6.32. The lowest BCUT2D eigenvalue weighted by atomic mass is 10.1. The van der Waals surface area contributed by atoms with Gasteiger partial charge in [0.25, 0.3) is 0 Å². The lowest BCUT2D eigenvalue weighted by Crippen LogP contribution is -2.30. The van der Waals surface area contributed by atoms with E-state index in [1.165, 1.54) is 30.3 Å². The lowest BCUT2D eigenvalue weighted by molar-refractivity contribution is -0.139. The van der Waals surface area contributed by atoms with Crippen LogP contribution in [0.4, 0.5) is 0 Å². The molecular formula is C31H30ClNO6S. The molecule has 0 spiro atoms. The third-order valence-corrected chi connectivity index (χ3v) is 8.30. The first kappa shape index (κ1) is 29.3. The molecule has 0 saturated heterocycles. The maximum absolute atomic E-state index is 13.4. The fourth-order valence-electron chi connectivity index (χ4n) is 4.31. The SMILES string of the molecule is O=C(O)COc1cccc(S(=O)(=O)c2cccc(CCN(Cc3ccccc3)C[C@H](O)c3cccc(Cl)c3)c2)c1. The van der Waals surface area contributed by atoms with E-state index in [4.69, 9.17) is 21.4 Å². The van der Waals surface area contributed by atoms with Crippen molar-refractivity contribution in [3.8, 4) is 5.75 Å². The number of ether oxygens (including phenoxy) is 1. The van der Waals surface area contributed by atoms with Gasteiger partial charge in [0.15, 0.2) is 6.61 Å². The number of hydrogen-bond acceptors (Lipinski definition) is 6. The van der Waals surface area contributed by atoms with E-state index < -0.39 is 28.5 Å². The minimum Gasteiger partial charge on any atom is -0.482 e. The number of carboxylic acid groups (broad SMARTS) is 1. The summed E-state index contributed by atoms with van der Waals surface area (Å²) in [5, 5.41) is 20.3. The Morgan fingerprint density at radius 1 is 0.850 bits per heavy atom. The number of aliphatic hydroxyl groups is 1. The number of aliphatic hydroxyl groups excluding tert-OH is 1. The summed E-state index contributed by atoms with van der Waals surface area (Å²) in [4.78, 5) is 13.1. The molecule has 2 N–H and O–H groups in total. The summed E-state index contributed by atoms with van der Waals surface area (Å²) in [5.74, 6) is -0.989. The second kappa shape index (κ2) is 13.6. The number of halogens is 1. The summed E-state index contributed by atoms with van der Waals surface area (Å²) in [6.07, 6.45) is -0.190. The van der Waals surface area contributed by atoms with Crippen molar-refractivity contribution in [3.05, 3.63) is 125 Å². The number of carbonyl (C=O) groups is 1. The largest absolute Gasteiger partial charge is 0.482 e. The molecule has 208 valence electrons. The molecule has 0 saturated carbocycles. The van der Waals surface area contributed by atoms with Gasteiger partial charge in [-0.05, 0) is 65.6 Å². The molecule has 9 heteroatoms. The molecule has 0 heterocycles. The Bertz CT molecular complexity index is 1540. The zero-order valence-corrected chi connectivity index (χ0v) is 23.3. The predicted molar refractivity (Wildman–Crippen MR) is 153 cm³/mol. The van der Waals surface area contributed by atoms with Gasteiger partial charge < -0.3 is 14.9 Å². The molecule has 40 heavy (non-hydrogen) atoms. The smallest absolute Gasteiger partial charge is 0.341 e. The van der Waals surface area contributed by atoms with E-state index in [0.717, 1.165) is 16.7 Å². The van der Waals surface area contributed by atoms with E-state index in [9.17, 15) is 18.3 Å². The summed E-state index contributed by atoms with van der Waals surface area (Å²) in [6, 6.07) is 29.7. The van der Waals surface area contributed by atoms with Crippen LogP contribution in [0.2, 0.25) is 5.02 Å². The van der Waals surface area contributed by atoms with Gasteiger partial charge in [0, 0.05) is 24.7 Å². The van der Waals surface area contributed by atoms with Crippen LogP contribution in [-0.2, 0) is 27.6 Å². The highest BCUT2D eigenvalue weighted by molar-refractivity contribution is 7.91. The number of rotatable bonds is 13. The summed E-state index contributed by atoms with van der Waals surface area (Å²) in [7, 11) is -3.86. The first-order valence-electron chi connectivity index (χ1n) is 12.7. The van der Waals surface area contributed by atoms with Crippen LogP contribution in [0.5, 0.6) is 5.75 Å². The maximum Gasteiger partial charge on any atom is 0.341 e. The zero-order chi connectivity index (χ0) is 28.5. The van der Waals surface area contributed by atoms with Gasteiger partial charge in [-0.15, -0.1) is 0 Å². The maximum atomic E-state index is 13.4. The summed E-state index contributed by atoms with van der Waals surface area (Å²) < 4.78 is 31.9. The molecule has 0 fully saturated rings. The van der Waals surface area contributed by atoms with Gasteiger partial charge in [-0.2, -0.15) is 0 Å². The minimum absolute atomic E-state index is 0.0166. The Balaban J connectivity index is 1.50. The first-order valence-corrected chi connectivity index (χ1v) is 14.6. The topological polar surface area (TPSA) is 104 Å². The predicted octanol–water partition coefficient (Wildman–Crippen LogP) is 5.41. The molecule has 1 atom stereocenters. The molecule has 0 bridgehead atoms. The number of sulfone groups is 1. The molecule has 0 radical (unpaired) electrons. The quantitative estimate of drug-likeness (QED) is 0.218. The van der Waals surface area contributed by atoms with Crippen LogP contribution in [0.25, 0.3) is 0 Å². The average molecular weight is 580 g/mol. The Kier molecular flexibility index (Phi) is 9.95. The van der Waals surface area contributed by atoms with Crippen molar-refractivity contribution in [1.82, 2.24) is 4.90 Å². The molecule has 7 nitrogen and oxygen atoms in total. The molecule has 0 aliphatic heterocycles. The van der Waals surface area contributed by atoms with Crippen LogP contribution in [0.15, 0.2) is 113 Å². The monoisotopic (exact) mass is 579 g/mol. The lowest BCUT2D eigenvalue weighted by Gasteiger charge is -2.26. The highest BCUT2D eigenvalue weighted by atomic mass is 35.5. The van der Waals surface area contributed by atoms with E-state index in [-0.39, 0.29) is 15.5 Å². The molecule has 4 aromatic rings. The minimum atomic E-state index is -3.86. The van der Waals surface area contributed by atoms with Crippen LogP contribution in [0.1, 0.15) is 22.8 Å². The van der Waals surface area contributed by atoms with Crippen molar-refractivity contribution in [1.29, 1.82) is 0 Å². The second-order valence-corrected chi connectivity index (χ2v) is 11.7. The van der Waals surface area contributed by atoms with E-state index in [1.807, 2.05) is 48.5 Å². The second-order valence-electron chi connectivity index (χ2n) is 9.35. The van der Waals surface area contributed by atoms with Crippen LogP contribution in [-0.4, -0.2) is 49.2 Å². The fourth-order valence-corrected chi connectivity index (χ4v) is 5.87. The highest BCUT2D eigenvalue weighted by Crippen LogP contribution is 2.26. The number of carboxylic acids is 1. The van der Waals surface area contributed by atoms with Gasteiger partial charge in [-0.25, -0.2) is 13.2 Å². The third kappa shape index (κ3) is 8.16. The molecular weight excluding hydrogens is 550 g/mol. The van der Waals surface area contributed by atoms with Crippen molar-refractivity contribution in [2.45, 2.75) is 28.9 Å². The van der Waals surface area contributed by atoms with E-state index in [1.54, 1.807) is 24.3 Å². The van der Waals surface area contributed by atoms with Crippen molar-refractivity contribution in [2.24, 2.45) is 0 Å². The molecule has 0 aliphatic carbocycles. The van der Waals surface area contributed by atoms with Gasteiger partial charge in [0.05, 0.1) is 15.9 Å². The van der Waals surface area contributed by atoms with Crippen LogP contribution in [0.3, 0.4) is 0 Å². The summed E-state index contributed by atoms with van der Waals surface area (Å²) >= 11 is 6.12. The van der Waals surface area contributed by atoms with Gasteiger partial charge in [-0.3, -0.25) is 4.90 Å². The fraction of sp³-hybridized carbons (Fsp3) is 0.194. The highest BCUT2D eigenvalue weighted by Gasteiger charge is 2.20. The van der Waals surface area contributed by atoms with E-state index in [0.29, 0.717) is 31.1 Å². The number of hydrogen-bond donors (Lipinski definition) is 2.